The highest BCUT2D eigenvalue weighted by Gasteiger charge is 2.26. The molecule has 2 heterocycles. The Balaban J connectivity index is 1.71. The molecule has 0 aromatic carbocycles. The molecular weight excluding hydrogens is 184 g/mol. The molecule has 0 spiro atoms. The van der Waals surface area contributed by atoms with Crippen LogP contribution in [0.4, 0.5) is 0 Å². The lowest BCUT2D eigenvalue weighted by molar-refractivity contribution is 0.228. The smallest absolute Gasteiger partial charge is 0.00127 e. The fourth-order valence-corrected chi connectivity index (χ4v) is 3.00. The van der Waals surface area contributed by atoms with Gasteiger partial charge in [0.1, 0.15) is 0 Å². The lowest BCUT2D eigenvalue weighted by atomic mass is 9.95. The van der Waals surface area contributed by atoms with Crippen molar-refractivity contribution in [2.45, 2.75) is 33.1 Å². The van der Waals surface area contributed by atoms with E-state index in [0.29, 0.717) is 0 Å². The predicted molar refractivity (Wildman–Crippen MR) is 65.0 cm³/mol. The molecule has 0 aliphatic carbocycles. The second-order valence-electron chi connectivity index (χ2n) is 5.75. The first kappa shape index (κ1) is 11.4. The first-order chi connectivity index (χ1) is 7.25. The Morgan fingerprint density at radius 2 is 1.93 bits per heavy atom. The molecule has 2 aliphatic heterocycles. The predicted octanol–water partition coefficient (Wildman–Crippen LogP) is 1.96. The average molecular weight is 210 g/mol. The van der Waals surface area contributed by atoms with E-state index in [1.165, 1.54) is 52.0 Å². The first-order valence-corrected chi connectivity index (χ1v) is 6.69. The summed E-state index contributed by atoms with van der Waals surface area (Å²) in [7, 11) is 0. The third-order valence-electron chi connectivity index (χ3n) is 4.23. The van der Waals surface area contributed by atoms with Crippen LogP contribution in [0.2, 0.25) is 0 Å². The molecule has 2 nitrogen and oxygen atoms in total. The van der Waals surface area contributed by atoms with Crippen molar-refractivity contribution in [2.75, 3.05) is 32.7 Å². The Morgan fingerprint density at radius 3 is 2.53 bits per heavy atom. The van der Waals surface area contributed by atoms with Gasteiger partial charge in [0, 0.05) is 13.1 Å². The van der Waals surface area contributed by atoms with Crippen LogP contribution in [0.15, 0.2) is 0 Å². The summed E-state index contributed by atoms with van der Waals surface area (Å²) in [6.45, 7) is 11.3. The number of nitrogens with zero attached hydrogens (tertiary/aromatic N) is 1. The Morgan fingerprint density at radius 1 is 1.20 bits per heavy atom. The summed E-state index contributed by atoms with van der Waals surface area (Å²) in [6, 6.07) is 0. The Bertz CT molecular complexity index is 185. The molecule has 2 aliphatic rings. The summed E-state index contributed by atoms with van der Waals surface area (Å²) in [5.74, 6) is 2.81. The van der Waals surface area contributed by atoms with Gasteiger partial charge in [-0.25, -0.2) is 0 Å². The van der Waals surface area contributed by atoms with E-state index in [2.05, 4.69) is 24.1 Å². The van der Waals surface area contributed by atoms with Crippen molar-refractivity contribution in [3.8, 4) is 0 Å². The van der Waals surface area contributed by atoms with E-state index in [4.69, 9.17) is 0 Å². The molecule has 1 N–H and O–H groups in total. The SMILES string of the molecule is CC(C)C1CCN(CC2CCNCC2)C1. The summed E-state index contributed by atoms with van der Waals surface area (Å²) in [6.07, 6.45) is 4.22. The molecule has 2 rings (SSSR count). The van der Waals surface area contributed by atoms with E-state index in [1.54, 1.807) is 0 Å². The molecule has 2 saturated heterocycles. The summed E-state index contributed by atoms with van der Waals surface area (Å²) in [4.78, 5) is 2.71. The summed E-state index contributed by atoms with van der Waals surface area (Å²) < 4.78 is 0. The number of nitrogens with one attached hydrogen (secondary N) is 1. The van der Waals surface area contributed by atoms with E-state index in [0.717, 1.165) is 17.8 Å². The van der Waals surface area contributed by atoms with E-state index in [9.17, 15) is 0 Å². The maximum absolute atomic E-state index is 3.45. The van der Waals surface area contributed by atoms with Gasteiger partial charge in [-0.2, -0.15) is 0 Å². The second kappa shape index (κ2) is 5.31. The molecule has 0 aromatic rings. The van der Waals surface area contributed by atoms with Crippen LogP contribution in [0.1, 0.15) is 33.1 Å². The number of rotatable bonds is 3. The normalized spacial score (nSPS) is 30.2. The molecule has 0 bridgehead atoms. The van der Waals surface area contributed by atoms with Crippen LogP contribution < -0.4 is 5.32 Å². The fourth-order valence-electron chi connectivity index (χ4n) is 3.00. The largest absolute Gasteiger partial charge is 0.317 e. The second-order valence-corrected chi connectivity index (χ2v) is 5.75. The Labute approximate surface area is 94.4 Å². The molecule has 0 radical (unpaired) electrons. The highest BCUT2D eigenvalue weighted by molar-refractivity contribution is 4.80. The number of piperidine rings is 1. The van der Waals surface area contributed by atoms with Gasteiger partial charge in [0.2, 0.25) is 0 Å². The Hall–Kier alpha value is -0.0800. The minimum absolute atomic E-state index is 0.878. The van der Waals surface area contributed by atoms with Gasteiger partial charge >= 0.3 is 0 Å². The summed E-state index contributed by atoms with van der Waals surface area (Å²) in [5.41, 5.74) is 0. The molecule has 2 fully saturated rings. The van der Waals surface area contributed by atoms with Crippen LogP contribution in [0, 0.1) is 17.8 Å². The van der Waals surface area contributed by atoms with Crippen molar-refractivity contribution in [1.82, 2.24) is 10.2 Å². The number of hydrogen-bond acceptors (Lipinski definition) is 2. The molecule has 1 unspecified atom stereocenters. The molecule has 2 heteroatoms. The van der Waals surface area contributed by atoms with Gasteiger partial charge in [0.25, 0.3) is 0 Å². The molecule has 1 atom stereocenters. The highest BCUT2D eigenvalue weighted by Crippen LogP contribution is 2.25. The minimum Gasteiger partial charge on any atom is -0.317 e. The van der Waals surface area contributed by atoms with Crippen molar-refractivity contribution in [2.24, 2.45) is 17.8 Å². The van der Waals surface area contributed by atoms with Gasteiger partial charge in [0.05, 0.1) is 0 Å². The maximum atomic E-state index is 3.45. The van der Waals surface area contributed by atoms with Crippen LogP contribution in [-0.2, 0) is 0 Å². The van der Waals surface area contributed by atoms with Gasteiger partial charge in [-0.05, 0) is 56.7 Å². The van der Waals surface area contributed by atoms with Gasteiger partial charge in [-0.3, -0.25) is 0 Å². The van der Waals surface area contributed by atoms with Gasteiger partial charge in [-0.15, -0.1) is 0 Å². The van der Waals surface area contributed by atoms with E-state index in [1.807, 2.05) is 0 Å². The van der Waals surface area contributed by atoms with Crippen LogP contribution in [-0.4, -0.2) is 37.6 Å². The van der Waals surface area contributed by atoms with Gasteiger partial charge in [0.15, 0.2) is 0 Å². The Kier molecular flexibility index (Phi) is 4.04. The lowest BCUT2D eigenvalue weighted by Crippen LogP contribution is -2.35. The third kappa shape index (κ3) is 3.18. The standard InChI is InChI=1S/C13H26N2/c1-11(2)13-5-8-15(10-13)9-12-3-6-14-7-4-12/h11-14H,3-10H2,1-2H3. The number of likely N-dealkylation sites (tertiary alicyclic amines) is 1. The molecular formula is C13H26N2. The maximum Gasteiger partial charge on any atom is 0.00127 e. The molecule has 0 saturated carbocycles. The molecule has 15 heavy (non-hydrogen) atoms. The molecule has 88 valence electrons. The van der Waals surface area contributed by atoms with Gasteiger partial charge in [-0.1, -0.05) is 13.8 Å². The summed E-state index contributed by atoms with van der Waals surface area (Å²) >= 11 is 0. The van der Waals surface area contributed by atoms with Crippen LogP contribution >= 0.6 is 0 Å². The van der Waals surface area contributed by atoms with Crippen molar-refractivity contribution in [1.29, 1.82) is 0 Å². The van der Waals surface area contributed by atoms with Crippen LogP contribution in [0.3, 0.4) is 0 Å². The van der Waals surface area contributed by atoms with Crippen molar-refractivity contribution >= 4 is 0 Å². The quantitative estimate of drug-likeness (QED) is 0.766. The average Bonchev–Trinajstić information content (AvgIpc) is 2.68. The summed E-state index contributed by atoms with van der Waals surface area (Å²) in [5, 5.41) is 3.45. The molecule has 0 aromatic heterocycles. The third-order valence-corrected chi connectivity index (χ3v) is 4.23. The van der Waals surface area contributed by atoms with E-state index < -0.39 is 0 Å². The fraction of sp³-hybridized carbons (Fsp3) is 1.00. The first-order valence-electron chi connectivity index (χ1n) is 6.69. The van der Waals surface area contributed by atoms with Crippen molar-refractivity contribution < 1.29 is 0 Å². The molecule has 0 amide bonds. The van der Waals surface area contributed by atoms with E-state index >= 15 is 0 Å². The number of hydrogen-bond donors (Lipinski definition) is 1. The van der Waals surface area contributed by atoms with Gasteiger partial charge < -0.3 is 10.2 Å². The van der Waals surface area contributed by atoms with Crippen molar-refractivity contribution in [3.63, 3.8) is 0 Å². The minimum atomic E-state index is 0.878. The lowest BCUT2D eigenvalue weighted by Gasteiger charge is -2.27. The monoisotopic (exact) mass is 210 g/mol. The van der Waals surface area contributed by atoms with E-state index in [-0.39, 0.29) is 0 Å². The van der Waals surface area contributed by atoms with Crippen molar-refractivity contribution in [3.05, 3.63) is 0 Å². The highest BCUT2D eigenvalue weighted by atomic mass is 15.1. The van der Waals surface area contributed by atoms with Crippen LogP contribution in [0.5, 0.6) is 0 Å². The zero-order valence-corrected chi connectivity index (χ0v) is 10.3. The topological polar surface area (TPSA) is 15.3 Å². The zero-order chi connectivity index (χ0) is 10.7. The zero-order valence-electron chi connectivity index (χ0n) is 10.3. The van der Waals surface area contributed by atoms with Crippen LogP contribution in [0.25, 0.3) is 0 Å².